The lowest BCUT2D eigenvalue weighted by molar-refractivity contribution is 0.103. The van der Waals surface area contributed by atoms with Crippen molar-refractivity contribution in [2.45, 2.75) is 13.8 Å². The molecule has 2 aromatic rings. The Labute approximate surface area is 118 Å². The number of thiophene rings is 1. The maximum absolute atomic E-state index is 12.0. The molecule has 1 aromatic heterocycles. The van der Waals surface area contributed by atoms with E-state index in [-0.39, 0.29) is 5.91 Å². The Balaban J connectivity index is 2.27. The molecule has 1 heterocycles. The summed E-state index contributed by atoms with van der Waals surface area (Å²) in [6, 6.07) is 7.45. The van der Waals surface area contributed by atoms with Crippen molar-refractivity contribution in [3.8, 4) is 0 Å². The zero-order valence-electron chi connectivity index (χ0n) is 10.1. The minimum atomic E-state index is -0.120. The van der Waals surface area contributed by atoms with Crippen LogP contribution >= 0.6 is 27.3 Å². The SMILES string of the molecule is Cc1ccc(C(=O)Nc2c(C)cc(Br)cc2N)s1. The quantitative estimate of drug-likeness (QED) is 0.821. The Morgan fingerprint density at radius 1 is 1.33 bits per heavy atom. The summed E-state index contributed by atoms with van der Waals surface area (Å²) in [5, 5.41) is 2.86. The van der Waals surface area contributed by atoms with Gasteiger partial charge >= 0.3 is 0 Å². The summed E-state index contributed by atoms with van der Waals surface area (Å²) in [5.41, 5.74) is 8.08. The predicted molar refractivity (Wildman–Crippen MR) is 80.3 cm³/mol. The molecule has 0 spiro atoms. The lowest BCUT2D eigenvalue weighted by Crippen LogP contribution is -2.12. The molecule has 0 fully saturated rings. The third-order valence-electron chi connectivity index (χ3n) is 2.53. The highest BCUT2D eigenvalue weighted by atomic mass is 79.9. The summed E-state index contributed by atoms with van der Waals surface area (Å²) in [6.45, 7) is 3.89. The van der Waals surface area contributed by atoms with Gasteiger partial charge in [0.1, 0.15) is 0 Å². The molecule has 0 aliphatic heterocycles. The van der Waals surface area contributed by atoms with Gasteiger partial charge in [0, 0.05) is 9.35 Å². The fourth-order valence-electron chi connectivity index (χ4n) is 1.67. The van der Waals surface area contributed by atoms with Gasteiger partial charge in [-0.05, 0) is 43.7 Å². The van der Waals surface area contributed by atoms with Gasteiger partial charge in [0.25, 0.3) is 5.91 Å². The van der Waals surface area contributed by atoms with Gasteiger partial charge in [-0.15, -0.1) is 11.3 Å². The summed E-state index contributed by atoms with van der Waals surface area (Å²) in [7, 11) is 0. The second-order valence-electron chi connectivity index (χ2n) is 4.05. The molecule has 0 atom stereocenters. The Morgan fingerprint density at radius 3 is 2.61 bits per heavy atom. The van der Waals surface area contributed by atoms with Crippen molar-refractivity contribution in [1.82, 2.24) is 0 Å². The van der Waals surface area contributed by atoms with Crippen molar-refractivity contribution in [1.29, 1.82) is 0 Å². The smallest absolute Gasteiger partial charge is 0.265 e. The van der Waals surface area contributed by atoms with Crippen LogP contribution in [0.1, 0.15) is 20.1 Å². The molecule has 1 amide bonds. The van der Waals surface area contributed by atoms with Crippen molar-refractivity contribution < 1.29 is 4.79 Å². The van der Waals surface area contributed by atoms with Crippen molar-refractivity contribution >= 4 is 44.5 Å². The molecule has 3 nitrogen and oxygen atoms in total. The fraction of sp³-hybridized carbons (Fsp3) is 0.154. The van der Waals surface area contributed by atoms with Crippen LogP contribution in [-0.2, 0) is 0 Å². The van der Waals surface area contributed by atoms with Crippen molar-refractivity contribution in [2.24, 2.45) is 0 Å². The molecule has 0 aliphatic carbocycles. The fourth-order valence-corrected chi connectivity index (χ4v) is 3.02. The molecule has 1 aromatic carbocycles. The van der Waals surface area contributed by atoms with Gasteiger partial charge in [0.2, 0.25) is 0 Å². The second-order valence-corrected chi connectivity index (χ2v) is 6.25. The number of halogens is 1. The first-order chi connectivity index (χ1) is 8.47. The predicted octanol–water partition coefficient (Wildman–Crippen LogP) is 3.96. The molecule has 0 radical (unpaired) electrons. The van der Waals surface area contributed by atoms with Gasteiger partial charge in [-0.1, -0.05) is 15.9 Å². The van der Waals surface area contributed by atoms with E-state index in [4.69, 9.17) is 5.73 Å². The van der Waals surface area contributed by atoms with Crippen LogP contribution in [0.3, 0.4) is 0 Å². The summed E-state index contributed by atoms with van der Waals surface area (Å²) in [5.74, 6) is -0.120. The van der Waals surface area contributed by atoms with E-state index in [1.807, 2.05) is 32.0 Å². The zero-order valence-corrected chi connectivity index (χ0v) is 12.5. The number of hydrogen-bond donors (Lipinski definition) is 2. The molecule has 2 rings (SSSR count). The van der Waals surface area contributed by atoms with E-state index < -0.39 is 0 Å². The first kappa shape index (κ1) is 13.1. The number of aryl methyl sites for hydroxylation is 2. The van der Waals surface area contributed by atoms with Crippen molar-refractivity contribution in [3.63, 3.8) is 0 Å². The summed E-state index contributed by atoms with van der Waals surface area (Å²) < 4.78 is 0.905. The standard InChI is InChI=1S/C13H13BrN2OS/c1-7-5-9(14)6-10(15)12(7)16-13(17)11-4-3-8(2)18-11/h3-6H,15H2,1-2H3,(H,16,17). The molecule has 0 aliphatic rings. The Kier molecular flexibility index (Phi) is 3.73. The lowest BCUT2D eigenvalue weighted by atomic mass is 10.1. The Hall–Kier alpha value is -1.33. The van der Waals surface area contributed by atoms with E-state index in [0.717, 1.165) is 14.9 Å². The number of nitrogens with two attached hydrogens (primary N) is 1. The normalized spacial score (nSPS) is 10.4. The van der Waals surface area contributed by atoms with Crippen molar-refractivity contribution in [3.05, 3.63) is 44.1 Å². The summed E-state index contributed by atoms with van der Waals surface area (Å²) >= 11 is 4.84. The maximum atomic E-state index is 12.0. The number of hydrogen-bond acceptors (Lipinski definition) is 3. The first-order valence-corrected chi connectivity index (χ1v) is 7.01. The minimum Gasteiger partial charge on any atom is -0.397 e. The average Bonchev–Trinajstić information content (AvgIpc) is 2.70. The maximum Gasteiger partial charge on any atom is 0.265 e. The largest absolute Gasteiger partial charge is 0.397 e. The van der Waals surface area contributed by atoms with Crippen LogP contribution in [0.25, 0.3) is 0 Å². The number of anilines is 2. The molecule has 0 bridgehead atoms. The van der Waals surface area contributed by atoms with Gasteiger partial charge in [0.05, 0.1) is 16.3 Å². The van der Waals surface area contributed by atoms with Crippen molar-refractivity contribution in [2.75, 3.05) is 11.1 Å². The van der Waals surface area contributed by atoms with E-state index in [1.54, 1.807) is 6.07 Å². The molecule has 0 unspecified atom stereocenters. The lowest BCUT2D eigenvalue weighted by Gasteiger charge is -2.11. The Morgan fingerprint density at radius 2 is 2.06 bits per heavy atom. The monoisotopic (exact) mass is 324 g/mol. The molecular weight excluding hydrogens is 312 g/mol. The van der Waals surface area contributed by atoms with Crippen LogP contribution in [0.15, 0.2) is 28.7 Å². The van der Waals surface area contributed by atoms with E-state index in [9.17, 15) is 4.79 Å². The molecule has 3 N–H and O–H groups in total. The minimum absolute atomic E-state index is 0.120. The average molecular weight is 325 g/mol. The third-order valence-corrected chi connectivity index (χ3v) is 3.99. The van der Waals surface area contributed by atoms with Gasteiger partial charge in [-0.25, -0.2) is 0 Å². The van der Waals surface area contributed by atoms with Crippen LogP contribution in [0.2, 0.25) is 0 Å². The van der Waals surface area contributed by atoms with Crippen LogP contribution < -0.4 is 11.1 Å². The number of carbonyl (C=O) groups excluding carboxylic acids is 1. The molecular formula is C13H13BrN2OS. The highest BCUT2D eigenvalue weighted by Gasteiger charge is 2.12. The van der Waals surface area contributed by atoms with Crippen LogP contribution in [-0.4, -0.2) is 5.91 Å². The van der Waals surface area contributed by atoms with Crippen LogP contribution in [0.4, 0.5) is 11.4 Å². The van der Waals surface area contributed by atoms with Gasteiger partial charge in [-0.3, -0.25) is 4.79 Å². The number of rotatable bonds is 2. The second kappa shape index (κ2) is 5.12. The van der Waals surface area contributed by atoms with E-state index in [0.29, 0.717) is 16.3 Å². The molecule has 0 saturated heterocycles. The zero-order chi connectivity index (χ0) is 13.3. The van der Waals surface area contributed by atoms with Gasteiger partial charge < -0.3 is 11.1 Å². The Bertz CT molecular complexity index is 584. The highest BCUT2D eigenvalue weighted by molar-refractivity contribution is 9.10. The number of benzene rings is 1. The number of nitrogens with one attached hydrogen (secondary N) is 1. The summed E-state index contributed by atoms with van der Waals surface area (Å²) in [4.78, 5) is 13.8. The topological polar surface area (TPSA) is 55.1 Å². The third kappa shape index (κ3) is 2.73. The van der Waals surface area contributed by atoms with Gasteiger partial charge in [0.15, 0.2) is 0 Å². The number of nitrogen functional groups attached to an aromatic ring is 1. The molecule has 18 heavy (non-hydrogen) atoms. The van der Waals surface area contributed by atoms with Gasteiger partial charge in [-0.2, -0.15) is 0 Å². The molecule has 94 valence electrons. The number of carbonyl (C=O) groups is 1. The molecule has 5 heteroatoms. The van der Waals surface area contributed by atoms with E-state index in [2.05, 4.69) is 21.2 Å². The van der Waals surface area contributed by atoms with E-state index >= 15 is 0 Å². The van der Waals surface area contributed by atoms with Crippen LogP contribution in [0, 0.1) is 13.8 Å². The molecule has 0 saturated carbocycles. The van der Waals surface area contributed by atoms with Crippen LogP contribution in [0.5, 0.6) is 0 Å². The highest BCUT2D eigenvalue weighted by Crippen LogP contribution is 2.28. The first-order valence-electron chi connectivity index (χ1n) is 5.41. The summed E-state index contributed by atoms with van der Waals surface area (Å²) in [6.07, 6.45) is 0. The number of amides is 1. The van der Waals surface area contributed by atoms with E-state index in [1.165, 1.54) is 11.3 Å².